The smallest absolute Gasteiger partial charge is 0.0813 e. The Labute approximate surface area is 130 Å². The van der Waals surface area contributed by atoms with Crippen LogP contribution >= 0.6 is 15.9 Å². The van der Waals surface area contributed by atoms with E-state index >= 15 is 0 Å². The number of likely N-dealkylation sites (N-methyl/N-ethyl adjacent to an activating group) is 1. The van der Waals surface area contributed by atoms with Gasteiger partial charge in [0.1, 0.15) is 0 Å². The highest BCUT2D eigenvalue weighted by molar-refractivity contribution is 9.10. The molecule has 112 valence electrons. The van der Waals surface area contributed by atoms with Crippen LogP contribution in [-0.2, 0) is 0 Å². The van der Waals surface area contributed by atoms with Crippen molar-refractivity contribution in [2.75, 3.05) is 26.7 Å². The van der Waals surface area contributed by atoms with Gasteiger partial charge in [-0.1, -0.05) is 34.1 Å². The van der Waals surface area contributed by atoms with E-state index in [1.165, 1.54) is 0 Å². The van der Waals surface area contributed by atoms with E-state index in [1.807, 2.05) is 24.3 Å². The zero-order valence-corrected chi connectivity index (χ0v) is 14.2. The SMILES string of the molecule is CC1CN(CCC(O)c2ccccc2Br)CC(C)N1C. The lowest BCUT2D eigenvalue weighted by atomic mass is 10.0. The van der Waals surface area contributed by atoms with Crippen LogP contribution in [0.15, 0.2) is 28.7 Å². The molecular weight excluding hydrogens is 316 g/mol. The van der Waals surface area contributed by atoms with Gasteiger partial charge in [0.25, 0.3) is 0 Å². The van der Waals surface area contributed by atoms with E-state index in [2.05, 4.69) is 46.6 Å². The van der Waals surface area contributed by atoms with Crippen molar-refractivity contribution >= 4 is 15.9 Å². The minimum atomic E-state index is -0.393. The molecule has 1 aromatic rings. The van der Waals surface area contributed by atoms with Crippen molar-refractivity contribution in [2.45, 2.75) is 38.5 Å². The summed E-state index contributed by atoms with van der Waals surface area (Å²) in [5.74, 6) is 0. The molecule has 3 nitrogen and oxygen atoms in total. The van der Waals surface area contributed by atoms with Crippen LogP contribution in [0.4, 0.5) is 0 Å². The molecule has 0 radical (unpaired) electrons. The Kier molecular flexibility index (Phi) is 5.61. The Morgan fingerprint density at radius 1 is 1.25 bits per heavy atom. The molecular formula is C16H25BrN2O. The molecule has 0 bridgehead atoms. The Balaban J connectivity index is 1.88. The summed E-state index contributed by atoms with van der Waals surface area (Å²) in [4.78, 5) is 4.90. The van der Waals surface area contributed by atoms with Crippen LogP contribution < -0.4 is 0 Å². The molecule has 0 amide bonds. The van der Waals surface area contributed by atoms with Crippen LogP contribution in [-0.4, -0.2) is 53.7 Å². The topological polar surface area (TPSA) is 26.7 Å². The van der Waals surface area contributed by atoms with E-state index in [-0.39, 0.29) is 0 Å². The first kappa shape index (κ1) is 16.0. The lowest BCUT2D eigenvalue weighted by Crippen LogP contribution is -2.55. The van der Waals surface area contributed by atoms with Gasteiger partial charge in [0.05, 0.1) is 6.10 Å². The Bertz CT molecular complexity index is 428. The normalized spacial score (nSPS) is 26.6. The summed E-state index contributed by atoms with van der Waals surface area (Å²) in [5.41, 5.74) is 0.989. The van der Waals surface area contributed by atoms with E-state index in [0.717, 1.165) is 36.1 Å². The molecule has 1 aliphatic rings. The number of benzene rings is 1. The zero-order chi connectivity index (χ0) is 14.7. The second-order valence-electron chi connectivity index (χ2n) is 5.95. The predicted molar refractivity (Wildman–Crippen MR) is 86.8 cm³/mol. The van der Waals surface area contributed by atoms with Gasteiger partial charge in [-0.15, -0.1) is 0 Å². The van der Waals surface area contributed by atoms with Crippen molar-refractivity contribution in [3.63, 3.8) is 0 Å². The van der Waals surface area contributed by atoms with Gasteiger partial charge in [-0.05, 0) is 38.9 Å². The molecule has 3 atom stereocenters. The maximum absolute atomic E-state index is 10.3. The van der Waals surface area contributed by atoms with Crippen LogP contribution in [0.25, 0.3) is 0 Å². The van der Waals surface area contributed by atoms with Crippen LogP contribution in [0.5, 0.6) is 0 Å². The van der Waals surface area contributed by atoms with Crippen LogP contribution in [0.1, 0.15) is 31.9 Å². The molecule has 1 saturated heterocycles. The number of rotatable bonds is 4. The third kappa shape index (κ3) is 3.82. The van der Waals surface area contributed by atoms with Crippen molar-refractivity contribution in [3.05, 3.63) is 34.3 Å². The number of hydrogen-bond acceptors (Lipinski definition) is 3. The number of aliphatic hydroxyl groups excluding tert-OH is 1. The van der Waals surface area contributed by atoms with Gasteiger partial charge >= 0.3 is 0 Å². The second kappa shape index (κ2) is 7.03. The summed E-state index contributed by atoms with van der Waals surface area (Å²) < 4.78 is 0.993. The number of piperazine rings is 1. The second-order valence-corrected chi connectivity index (χ2v) is 6.80. The highest BCUT2D eigenvalue weighted by Crippen LogP contribution is 2.26. The number of halogens is 1. The van der Waals surface area contributed by atoms with Crippen molar-refractivity contribution in [3.8, 4) is 0 Å². The van der Waals surface area contributed by atoms with Crippen molar-refractivity contribution in [1.29, 1.82) is 0 Å². The fourth-order valence-electron chi connectivity index (χ4n) is 2.90. The van der Waals surface area contributed by atoms with Crippen LogP contribution in [0.3, 0.4) is 0 Å². The maximum Gasteiger partial charge on any atom is 0.0813 e. The molecule has 4 heteroatoms. The lowest BCUT2D eigenvalue weighted by Gasteiger charge is -2.42. The van der Waals surface area contributed by atoms with Crippen molar-refractivity contribution < 1.29 is 5.11 Å². The van der Waals surface area contributed by atoms with E-state index in [4.69, 9.17) is 0 Å². The minimum Gasteiger partial charge on any atom is -0.388 e. The molecule has 0 aliphatic carbocycles. The summed E-state index contributed by atoms with van der Waals surface area (Å²) in [5, 5.41) is 10.3. The summed E-state index contributed by atoms with van der Waals surface area (Å²) in [6.45, 7) is 7.66. The molecule has 0 saturated carbocycles. The lowest BCUT2D eigenvalue weighted by molar-refractivity contribution is 0.0484. The maximum atomic E-state index is 10.3. The molecule has 2 rings (SSSR count). The molecule has 1 heterocycles. The monoisotopic (exact) mass is 340 g/mol. The molecule has 0 aromatic heterocycles. The van der Waals surface area contributed by atoms with Gasteiger partial charge in [-0.25, -0.2) is 0 Å². The van der Waals surface area contributed by atoms with Gasteiger partial charge in [0.2, 0.25) is 0 Å². The van der Waals surface area contributed by atoms with Gasteiger partial charge in [0.15, 0.2) is 0 Å². The van der Waals surface area contributed by atoms with Crippen molar-refractivity contribution in [1.82, 2.24) is 9.80 Å². The van der Waals surface area contributed by atoms with Gasteiger partial charge < -0.3 is 10.0 Å². The molecule has 1 N–H and O–H groups in total. The first-order valence-corrected chi connectivity index (χ1v) is 8.15. The molecule has 1 aromatic carbocycles. The summed E-state index contributed by atoms with van der Waals surface area (Å²) in [7, 11) is 2.20. The zero-order valence-electron chi connectivity index (χ0n) is 12.6. The van der Waals surface area contributed by atoms with Gasteiger partial charge in [0, 0.05) is 36.2 Å². The number of aliphatic hydroxyl groups is 1. The van der Waals surface area contributed by atoms with Gasteiger partial charge in [-0.2, -0.15) is 0 Å². The highest BCUT2D eigenvalue weighted by atomic mass is 79.9. The first-order chi connectivity index (χ1) is 9.49. The Hall–Kier alpha value is -0.420. The number of hydrogen-bond donors (Lipinski definition) is 1. The third-order valence-corrected chi connectivity index (χ3v) is 5.14. The van der Waals surface area contributed by atoms with E-state index in [1.54, 1.807) is 0 Å². The quantitative estimate of drug-likeness (QED) is 0.912. The molecule has 20 heavy (non-hydrogen) atoms. The van der Waals surface area contributed by atoms with Crippen LogP contribution in [0, 0.1) is 0 Å². The molecule has 3 unspecified atom stereocenters. The predicted octanol–water partition coefficient (Wildman–Crippen LogP) is 2.90. The molecule has 1 aliphatic heterocycles. The summed E-state index contributed by atoms with van der Waals surface area (Å²) in [6, 6.07) is 9.09. The largest absolute Gasteiger partial charge is 0.388 e. The standard InChI is InChI=1S/C16H25BrN2O/c1-12-10-19(11-13(2)18(12)3)9-8-16(20)14-6-4-5-7-15(14)17/h4-7,12-13,16,20H,8-11H2,1-3H3. The average molecular weight is 341 g/mol. The van der Waals surface area contributed by atoms with Gasteiger partial charge in [-0.3, -0.25) is 4.90 Å². The summed E-state index contributed by atoms with van der Waals surface area (Å²) in [6.07, 6.45) is 0.391. The van der Waals surface area contributed by atoms with E-state index in [9.17, 15) is 5.11 Å². The minimum absolute atomic E-state index is 0.393. The highest BCUT2D eigenvalue weighted by Gasteiger charge is 2.26. The van der Waals surface area contributed by atoms with Crippen LogP contribution in [0.2, 0.25) is 0 Å². The first-order valence-electron chi connectivity index (χ1n) is 7.35. The van der Waals surface area contributed by atoms with E-state index in [0.29, 0.717) is 12.1 Å². The molecule has 0 spiro atoms. The Morgan fingerprint density at radius 2 is 1.85 bits per heavy atom. The Morgan fingerprint density at radius 3 is 2.45 bits per heavy atom. The third-order valence-electron chi connectivity index (χ3n) is 4.42. The van der Waals surface area contributed by atoms with Crippen molar-refractivity contribution in [2.24, 2.45) is 0 Å². The van der Waals surface area contributed by atoms with E-state index < -0.39 is 6.10 Å². The number of nitrogens with zero attached hydrogens (tertiary/aromatic N) is 2. The average Bonchev–Trinajstić information content (AvgIpc) is 2.42. The fourth-order valence-corrected chi connectivity index (χ4v) is 3.45. The fraction of sp³-hybridized carbons (Fsp3) is 0.625. The summed E-state index contributed by atoms with van der Waals surface area (Å²) >= 11 is 3.51. The molecule has 1 fully saturated rings.